The average molecular weight is 298 g/mol. The fourth-order valence-corrected chi connectivity index (χ4v) is 1.97. The molecule has 2 N–H and O–H groups in total. The van der Waals surface area contributed by atoms with Crippen LogP contribution < -0.4 is 15.6 Å². The molecule has 0 aliphatic carbocycles. The number of benzene rings is 1. The first-order valence-electron chi connectivity index (χ1n) is 6.23. The molecule has 2 amide bonds. The molecule has 0 aromatic heterocycles. The second-order valence-corrected chi connectivity index (χ2v) is 4.64. The molecule has 1 rings (SSSR count). The van der Waals surface area contributed by atoms with Gasteiger partial charge < -0.3 is 9.47 Å². The van der Waals surface area contributed by atoms with Crippen LogP contribution in [0.15, 0.2) is 29.2 Å². The van der Waals surface area contributed by atoms with Gasteiger partial charge in [-0.3, -0.25) is 10.2 Å². The third kappa shape index (κ3) is 6.33. The van der Waals surface area contributed by atoms with Crippen molar-refractivity contribution < 1.29 is 19.1 Å². The molecular weight excluding hydrogens is 280 g/mol. The largest absolute Gasteiger partial charge is 0.494 e. The van der Waals surface area contributed by atoms with Crippen molar-refractivity contribution in [3.8, 4) is 5.75 Å². The summed E-state index contributed by atoms with van der Waals surface area (Å²) in [4.78, 5) is 23.4. The number of hydrazine groups is 1. The summed E-state index contributed by atoms with van der Waals surface area (Å²) in [7, 11) is 0. The number of rotatable bonds is 6. The Kier molecular flexibility index (Phi) is 7.34. The highest BCUT2D eigenvalue weighted by molar-refractivity contribution is 8.00. The highest BCUT2D eigenvalue weighted by atomic mass is 32.2. The van der Waals surface area contributed by atoms with Gasteiger partial charge in [0.25, 0.3) is 0 Å². The molecule has 0 heterocycles. The van der Waals surface area contributed by atoms with Gasteiger partial charge >= 0.3 is 6.09 Å². The van der Waals surface area contributed by atoms with Crippen molar-refractivity contribution in [2.45, 2.75) is 18.7 Å². The fraction of sp³-hybridized carbons (Fsp3) is 0.385. The molecule has 6 nitrogen and oxygen atoms in total. The van der Waals surface area contributed by atoms with Gasteiger partial charge in [0.2, 0.25) is 5.91 Å². The number of carbonyl (C=O) groups excluding carboxylic acids is 2. The maximum absolute atomic E-state index is 11.5. The molecule has 110 valence electrons. The SMILES string of the molecule is CCOC(=O)NNC(=O)CSc1ccc(OCC)cc1. The molecule has 1 aromatic carbocycles. The fourth-order valence-electron chi connectivity index (χ4n) is 1.27. The molecule has 0 atom stereocenters. The van der Waals surface area contributed by atoms with E-state index in [9.17, 15) is 9.59 Å². The molecule has 0 saturated heterocycles. The summed E-state index contributed by atoms with van der Waals surface area (Å²) in [6.45, 7) is 4.48. The summed E-state index contributed by atoms with van der Waals surface area (Å²) in [6, 6.07) is 7.45. The van der Waals surface area contributed by atoms with E-state index in [-0.39, 0.29) is 18.3 Å². The third-order valence-electron chi connectivity index (χ3n) is 2.08. The summed E-state index contributed by atoms with van der Waals surface area (Å²) in [5, 5.41) is 0. The van der Waals surface area contributed by atoms with Gasteiger partial charge in [-0.05, 0) is 38.1 Å². The molecule has 0 bridgehead atoms. The van der Waals surface area contributed by atoms with E-state index in [1.807, 2.05) is 31.2 Å². The monoisotopic (exact) mass is 298 g/mol. The van der Waals surface area contributed by atoms with Crippen molar-refractivity contribution in [2.75, 3.05) is 19.0 Å². The lowest BCUT2D eigenvalue weighted by atomic mass is 10.3. The van der Waals surface area contributed by atoms with E-state index >= 15 is 0 Å². The van der Waals surface area contributed by atoms with Crippen LogP contribution in [0.2, 0.25) is 0 Å². The van der Waals surface area contributed by atoms with Crippen molar-refractivity contribution in [3.63, 3.8) is 0 Å². The van der Waals surface area contributed by atoms with Gasteiger partial charge in [0.15, 0.2) is 0 Å². The first kappa shape index (κ1) is 16.2. The average Bonchev–Trinajstić information content (AvgIpc) is 2.45. The summed E-state index contributed by atoms with van der Waals surface area (Å²) >= 11 is 1.36. The predicted molar refractivity (Wildman–Crippen MR) is 76.6 cm³/mol. The first-order valence-corrected chi connectivity index (χ1v) is 7.21. The molecular formula is C13H18N2O4S. The van der Waals surface area contributed by atoms with Crippen LogP contribution in [0, 0.1) is 0 Å². The molecule has 0 aliphatic heterocycles. The van der Waals surface area contributed by atoms with E-state index < -0.39 is 6.09 Å². The van der Waals surface area contributed by atoms with Crippen molar-refractivity contribution >= 4 is 23.8 Å². The van der Waals surface area contributed by atoms with E-state index in [1.165, 1.54) is 11.8 Å². The van der Waals surface area contributed by atoms with E-state index in [2.05, 4.69) is 15.6 Å². The van der Waals surface area contributed by atoms with Crippen LogP contribution in [0.25, 0.3) is 0 Å². The zero-order valence-electron chi connectivity index (χ0n) is 11.5. The van der Waals surface area contributed by atoms with Crippen LogP contribution >= 0.6 is 11.8 Å². The van der Waals surface area contributed by atoms with Crippen molar-refractivity contribution in [2.24, 2.45) is 0 Å². The molecule has 0 spiro atoms. The highest BCUT2D eigenvalue weighted by Gasteiger charge is 2.05. The van der Waals surface area contributed by atoms with E-state index in [0.717, 1.165) is 10.6 Å². The standard InChI is InChI=1S/C13H18N2O4S/c1-3-18-10-5-7-11(8-6-10)20-9-12(16)14-15-13(17)19-4-2/h5-8H,3-4,9H2,1-2H3,(H,14,16)(H,15,17). The van der Waals surface area contributed by atoms with Gasteiger partial charge in [0, 0.05) is 4.90 Å². The van der Waals surface area contributed by atoms with Crippen molar-refractivity contribution in [3.05, 3.63) is 24.3 Å². The number of hydrogen-bond donors (Lipinski definition) is 2. The Hall–Kier alpha value is -1.89. The Bertz CT molecular complexity index is 437. The minimum absolute atomic E-state index is 0.195. The smallest absolute Gasteiger partial charge is 0.426 e. The highest BCUT2D eigenvalue weighted by Crippen LogP contribution is 2.21. The summed E-state index contributed by atoms with van der Waals surface area (Å²) in [5.41, 5.74) is 4.41. The molecule has 1 aromatic rings. The lowest BCUT2D eigenvalue weighted by Gasteiger charge is -2.07. The summed E-state index contributed by atoms with van der Waals surface area (Å²) < 4.78 is 9.93. The van der Waals surface area contributed by atoms with Crippen LogP contribution in [-0.2, 0) is 9.53 Å². The number of ether oxygens (including phenoxy) is 2. The summed E-state index contributed by atoms with van der Waals surface area (Å²) in [5.74, 6) is 0.683. The van der Waals surface area contributed by atoms with Gasteiger partial charge in [0.1, 0.15) is 5.75 Å². The molecule has 0 fully saturated rings. The Morgan fingerprint density at radius 1 is 1.10 bits per heavy atom. The zero-order chi connectivity index (χ0) is 14.8. The quantitative estimate of drug-likeness (QED) is 0.620. The topological polar surface area (TPSA) is 76.7 Å². The third-order valence-corrected chi connectivity index (χ3v) is 3.10. The Morgan fingerprint density at radius 2 is 1.80 bits per heavy atom. The normalized spacial score (nSPS) is 9.70. The van der Waals surface area contributed by atoms with E-state index in [4.69, 9.17) is 4.74 Å². The summed E-state index contributed by atoms with van der Waals surface area (Å²) in [6.07, 6.45) is -0.674. The van der Waals surface area contributed by atoms with Gasteiger partial charge in [-0.25, -0.2) is 10.2 Å². The molecule has 0 unspecified atom stereocenters. The van der Waals surface area contributed by atoms with Crippen LogP contribution in [-0.4, -0.2) is 31.0 Å². The number of carbonyl (C=O) groups is 2. The van der Waals surface area contributed by atoms with Gasteiger partial charge in [-0.2, -0.15) is 0 Å². The maximum atomic E-state index is 11.5. The minimum Gasteiger partial charge on any atom is -0.494 e. The Labute approximate surface area is 122 Å². The zero-order valence-corrected chi connectivity index (χ0v) is 12.3. The predicted octanol–water partition coefficient (Wildman–Crippen LogP) is 1.95. The molecule has 0 saturated carbocycles. The molecule has 0 radical (unpaired) electrons. The lowest BCUT2D eigenvalue weighted by Crippen LogP contribution is -2.42. The lowest BCUT2D eigenvalue weighted by molar-refractivity contribution is -0.119. The van der Waals surface area contributed by atoms with Gasteiger partial charge in [-0.15, -0.1) is 11.8 Å². The van der Waals surface area contributed by atoms with Crippen LogP contribution in [0.1, 0.15) is 13.8 Å². The molecule has 0 aliphatic rings. The first-order chi connectivity index (χ1) is 9.65. The number of nitrogens with one attached hydrogen (secondary N) is 2. The van der Waals surface area contributed by atoms with Crippen LogP contribution in [0.4, 0.5) is 4.79 Å². The second kappa shape index (κ2) is 9.08. The van der Waals surface area contributed by atoms with Gasteiger partial charge in [0.05, 0.1) is 19.0 Å². The van der Waals surface area contributed by atoms with Crippen LogP contribution in [0.5, 0.6) is 5.75 Å². The van der Waals surface area contributed by atoms with Crippen LogP contribution in [0.3, 0.4) is 0 Å². The van der Waals surface area contributed by atoms with Crippen molar-refractivity contribution in [1.29, 1.82) is 0 Å². The maximum Gasteiger partial charge on any atom is 0.426 e. The number of hydrogen-bond acceptors (Lipinski definition) is 5. The molecule has 20 heavy (non-hydrogen) atoms. The number of amides is 2. The second-order valence-electron chi connectivity index (χ2n) is 3.59. The Morgan fingerprint density at radius 3 is 2.40 bits per heavy atom. The van der Waals surface area contributed by atoms with E-state index in [1.54, 1.807) is 6.92 Å². The van der Waals surface area contributed by atoms with E-state index in [0.29, 0.717) is 6.61 Å². The minimum atomic E-state index is -0.674. The Balaban J connectivity index is 2.28. The van der Waals surface area contributed by atoms with Crippen molar-refractivity contribution in [1.82, 2.24) is 10.9 Å². The molecule has 7 heteroatoms. The number of thioether (sulfide) groups is 1. The van der Waals surface area contributed by atoms with Gasteiger partial charge in [-0.1, -0.05) is 0 Å².